The Morgan fingerprint density at radius 3 is 2.38 bits per heavy atom. The molecule has 144 valence electrons. The van der Waals surface area contributed by atoms with E-state index in [1.165, 1.54) is 23.9 Å². The van der Waals surface area contributed by atoms with Gasteiger partial charge in [-0.25, -0.2) is 8.42 Å². The van der Waals surface area contributed by atoms with Crippen molar-refractivity contribution >= 4 is 44.0 Å². The molecule has 0 atom stereocenters. The second-order valence-electron chi connectivity index (χ2n) is 6.03. The molecule has 0 unspecified atom stereocenters. The second-order valence-corrected chi connectivity index (χ2v) is 9.73. The van der Waals surface area contributed by atoms with Gasteiger partial charge in [-0.2, -0.15) is 4.31 Å². The molecule has 10 heteroatoms. The van der Waals surface area contributed by atoms with E-state index in [4.69, 9.17) is 12.2 Å². The van der Waals surface area contributed by atoms with Crippen LogP contribution in [-0.4, -0.2) is 58.8 Å². The molecule has 0 radical (unpaired) electrons. The molecule has 1 aliphatic rings. The van der Waals surface area contributed by atoms with Crippen LogP contribution in [0.3, 0.4) is 0 Å². The largest absolute Gasteiger partial charge is 0.355 e. The monoisotopic (exact) mass is 417 g/mol. The predicted octanol–water partition coefficient (Wildman–Crippen LogP) is 2.86. The number of thioether (sulfide) groups is 1. The molecule has 1 aromatic rings. The van der Waals surface area contributed by atoms with Crippen LogP contribution in [0.15, 0.2) is 24.3 Å². The maximum absolute atomic E-state index is 12.2. The Bertz CT molecular complexity index is 730. The Morgan fingerprint density at radius 1 is 1.23 bits per heavy atom. The van der Waals surface area contributed by atoms with Gasteiger partial charge in [0, 0.05) is 44.1 Å². The lowest BCUT2D eigenvalue weighted by molar-refractivity contribution is -0.384. The van der Waals surface area contributed by atoms with Crippen LogP contribution in [-0.2, 0) is 15.8 Å². The first-order chi connectivity index (χ1) is 12.3. The van der Waals surface area contributed by atoms with E-state index in [9.17, 15) is 18.5 Å². The molecule has 0 amide bonds. The normalized spacial score (nSPS) is 15.8. The van der Waals surface area contributed by atoms with Crippen LogP contribution < -0.4 is 0 Å². The van der Waals surface area contributed by atoms with Gasteiger partial charge in [0.15, 0.2) is 0 Å². The molecule has 2 rings (SSSR count). The Balaban J connectivity index is 1.80. The first kappa shape index (κ1) is 21.1. The highest BCUT2D eigenvalue weighted by atomic mass is 32.2. The van der Waals surface area contributed by atoms with Crippen molar-refractivity contribution in [2.24, 2.45) is 0 Å². The fraction of sp³-hybridized carbons (Fsp3) is 0.562. The van der Waals surface area contributed by atoms with Gasteiger partial charge < -0.3 is 4.90 Å². The minimum atomic E-state index is -3.16. The predicted molar refractivity (Wildman–Crippen MR) is 109 cm³/mol. The molecule has 7 nitrogen and oxygen atoms in total. The molecule has 1 fully saturated rings. The van der Waals surface area contributed by atoms with Crippen molar-refractivity contribution in [2.75, 3.05) is 31.9 Å². The van der Waals surface area contributed by atoms with Crippen molar-refractivity contribution in [1.82, 2.24) is 9.21 Å². The fourth-order valence-corrected chi connectivity index (χ4v) is 5.39. The standard InChI is InChI=1S/C16H23N3O4S3/c1-2-3-12-26(22,23)18-10-8-17(9-11-18)16(24)25-13-14-4-6-15(7-5-14)19(20)21/h4-7H,2-3,8-13H2,1H3. The third-order valence-electron chi connectivity index (χ3n) is 4.16. The number of benzene rings is 1. The maximum Gasteiger partial charge on any atom is 0.269 e. The average Bonchev–Trinajstić information content (AvgIpc) is 2.65. The molecule has 0 aliphatic carbocycles. The molecule has 1 saturated heterocycles. The van der Waals surface area contributed by atoms with Crippen molar-refractivity contribution in [3.05, 3.63) is 39.9 Å². The first-order valence-electron chi connectivity index (χ1n) is 8.46. The van der Waals surface area contributed by atoms with Gasteiger partial charge in [0.05, 0.1) is 10.7 Å². The first-order valence-corrected chi connectivity index (χ1v) is 11.5. The number of nitrogens with zero attached hydrogens (tertiary/aromatic N) is 3. The van der Waals surface area contributed by atoms with E-state index in [1.54, 1.807) is 16.4 Å². The Labute approximate surface area is 163 Å². The summed E-state index contributed by atoms with van der Waals surface area (Å²) in [6, 6.07) is 6.43. The molecule has 0 N–H and O–H groups in total. The number of unbranched alkanes of at least 4 members (excludes halogenated alkanes) is 1. The molecule has 26 heavy (non-hydrogen) atoms. The van der Waals surface area contributed by atoms with E-state index in [2.05, 4.69) is 0 Å². The third kappa shape index (κ3) is 5.90. The van der Waals surface area contributed by atoms with E-state index >= 15 is 0 Å². The molecule has 0 saturated carbocycles. The van der Waals surface area contributed by atoms with E-state index < -0.39 is 14.9 Å². The topological polar surface area (TPSA) is 83.8 Å². The molecule has 1 aliphatic heterocycles. The van der Waals surface area contributed by atoms with Gasteiger partial charge in [-0.1, -0.05) is 49.5 Å². The quantitative estimate of drug-likeness (QED) is 0.383. The zero-order valence-electron chi connectivity index (χ0n) is 14.7. The summed E-state index contributed by atoms with van der Waals surface area (Å²) in [6.07, 6.45) is 1.55. The molecular formula is C16H23N3O4S3. The zero-order chi connectivity index (χ0) is 19.2. The Kier molecular flexibility index (Phi) is 7.81. The van der Waals surface area contributed by atoms with Crippen LogP contribution in [0, 0.1) is 10.1 Å². The van der Waals surface area contributed by atoms with E-state index in [0.717, 1.165) is 16.3 Å². The van der Waals surface area contributed by atoms with Crippen molar-refractivity contribution in [1.29, 1.82) is 0 Å². The van der Waals surface area contributed by atoms with Gasteiger partial charge in [0.25, 0.3) is 5.69 Å². The lowest BCUT2D eigenvalue weighted by Crippen LogP contribution is -2.50. The zero-order valence-corrected chi connectivity index (χ0v) is 17.1. The number of nitro benzene ring substituents is 1. The summed E-state index contributed by atoms with van der Waals surface area (Å²) in [5.41, 5.74) is 1.03. The van der Waals surface area contributed by atoms with E-state index in [1.807, 2.05) is 11.8 Å². The lowest BCUT2D eigenvalue weighted by atomic mass is 10.2. The fourth-order valence-electron chi connectivity index (χ4n) is 2.55. The molecule has 1 heterocycles. The van der Waals surface area contributed by atoms with Crippen molar-refractivity contribution < 1.29 is 13.3 Å². The number of non-ortho nitro benzene ring substituents is 1. The number of rotatable bonds is 7. The molecule has 1 aromatic carbocycles. The van der Waals surface area contributed by atoms with Crippen molar-refractivity contribution in [3.8, 4) is 0 Å². The van der Waals surface area contributed by atoms with Crippen LogP contribution >= 0.6 is 24.0 Å². The maximum atomic E-state index is 12.2. The number of nitro groups is 1. The minimum Gasteiger partial charge on any atom is -0.355 e. The summed E-state index contributed by atoms with van der Waals surface area (Å²) in [6.45, 7) is 4.09. The highest BCUT2D eigenvalue weighted by Crippen LogP contribution is 2.21. The number of thiocarbonyl (C=S) groups is 1. The van der Waals surface area contributed by atoms with Crippen LogP contribution in [0.4, 0.5) is 5.69 Å². The average molecular weight is 418 g/mol. The SMILES string of the molecule is CCCCS(=O)(=O)N1CCN(C(=S)SCc2ccc([N+](=O)[O-])cc2)CC1. The van der Waals surface area contributed by atoms with Crippen molar-refractivity contribution in [3.63, 3.8) is 0 Å². The smallest absolute Gasteiger partial charge is 0.269 e. The summed E-state index contributed by atoms with van der Waals surface area (Å²) >= 11 is 6.95. The van der Waals surface area contributed by atoms with Crippen molar-refractivity contribution in [2.45, 2.75) is 25.5 Å². The summed E-state index contributed by atoms with van der Waals surface area (Å²) < 4.78 is 26.7. The van der Waals surface area contributed by atoms with Gasteiger partial charge in [0.1, 0.15) is 4.32 Å². The van der Waals surface area contributed by atoms with Gasteiger partial charge >= 0.3 is 0 Å². The molecule has 0 spiro atoms. The number of piperazine rings is 1. The number of sulfonamides is 1. The van der Waals surface area contributed by atoms with Crippen LogP contribution in [0.1, 0.15) is 25.3 Å². The summed E-state index contributed by atoms with van der Waals surface area (Å²) in [5.74, 6) is 0.842. The van der Waals surface area contributed by atoms with E-state index in [0.29, 0.717) is 38.4 Å². The summed E-state index contributed by atoms with van der Waals surface area (Å²) in [4.78, 5) is 12.3. The Hall–Kier alpha value is -1.23. The number of hydrogen-bond donors (Lipinski definition) is 0. The van der Waals surface area contributed by atoms with Crippen LogP contribution in [0.5, 0.6) is 0 Å². The summed E-state index contributed by atoms with van der Waals surface area (Å²) in [5, 5.41) is 10.7. The summed E-state index contributed by atoms with van der Waals surface area (Å²) in [7, 11) is -3.16. The second kappa shape index (κ2) is 9.63. The minimum absolute atomic E-state index is 0.0710. The Morgan fingerprint density at radius 2 is 1.85 bits per heavy atom. The molecule has 0 bridgehead atoms. The third-order valence-corrected chi connectivity index (χ3v) is 7.71. The van der Waals surface area contributed by atoms with Crippen LogP contribution in [0.2, 0.25) is 0 Å². The van der Waals surface area contributed by atoms with E-state index in [-0.39, 0.29) is 11.4 Å². The van der Waals surface area contributed by atoms with Gasteiger partial charge in [-0.3, -0.25) is 10.1 Å². The molecule has 0 aromatic heterocycles. The molecular weight excluding hydrogens is 394 g/mol. The van der Waals surface area contributed by atoms with Gasteiger partial charge in [-0.05, 0) is 12.0 Å². The van der Waals surface area contributed by atoms with Gasteiger partial charge in [-0.15, -0.1) is 0 Å². The van der Waals surface area contributed by atoms with Crippen LogP contribution in [0.25, 0.3) is 0 Å². The lowest BCUT2D eigenvalue weighted by Gasteiger charge is -2.35. The highest BCUT2D eigenvalue weighted by Gasteiger charge is 2.27. The van der Waals surface area contributed by atoms with Gasteiger partial charge in [0.2, 0.25) is 10.0 Å². The highest BCUT2D eigenvalue weighted by molar-refractivity contribution is 8.22. The number of hydrogen-bond acceptors (Lipinski definition) is 6.